The highest BCUT2D eigenvalue weighted by Crippen LogP contribution is 2.23. The van der Waals surface area contributed by atoms with E-state index in [1.807, 2.05) is 0 Å². The van der Waals surface area contributed by atoms with Crippen molar-refractivity contribution in [1.82, 2.24) is 9.97 Å². The number of pyridine rings is 2. The number of aromatic nitrogens is 2. The quantitative estimate of drug-likeness (QED) is 0.472. The first kappa shape index (κ1) is 12.7. The van der Waals surface area contributed by atoms with Gasteiger partial charge in [0.05, 0.1) is 5.69 Å². The zero-order chi connectivity index (χ0) is 13.7. The number of nitrogens with two attached hydrogens (primary N) is 1. The van der Waals surface area contributed by atoms with E-state index in [1.54, 1.807) is 24.3 Å². The molecule has 19 heavy (non-hydrogen) atoms. The van der Waals surface area contributed by atoms with E-state index >= 15 is 0 Å². The van der Waals surface area contributed by atoms with Crippen LogP contribution in [-0.2, 0) is 6.61 Å². The first-order valence-corrected chi connectivity index (χ1v) is 5.35. The predicted octanol–water partition coefficient (Wildman–Crippen LogP) is 1.25. The van der Waals surface area contributed by atoms with Crippen LogP contribution in [0.4, 0.5) is 11.6 Å². The minimum Gasteiger partial charge on any atom is -0.479 e. The van der Waals surface area contributed by atoms with Gasteiger partial charge in [-0.15, -0.1) is 0 Å². The molecule has 0 unspecified atom stereocenters. The molecule has 0 aliphatic rings. The highest BCUT2D eigenvalue weighted by atomic mass is 16.6. The number of anilines is 1. The molecule has 0 atom stereocenters. The van der Waals surface area contributed by atoms with Gasteiger partial charge in [-0.1, -0.05) is 6.07 Å². The first-order chi connectivity index (χ1) is 9.20. The van der Waals surface area contributed by atoms with E-state index in [4.69, 9.17) is 10.6 Å². The van der Waals surface area contributed by atoms with Gasteiger partial charge in [0.1, 0.15) is 18.6 Å². The van der Waals surface area contributed by atoms with Crippen LogP contribution in [0.25, 0.3) is 0 Å². The van der Waals surface area contributed by atoms with E-state index in [0.717, 1.165) is 0 Å². The molecule has 8 nitrogen and oxygen atoms in total. The minimum atomic E-state index is -0.597. The molecule has 0 saturated heterocycles. The summed E-state index contributed by atoms with van der Waals surface area (Å²) in [5.41, 5.74) is 3.00. The maximum absolute atomic E-state index is 10.8. The Morgan fingerprint density at radius 3 is 2.95 bits per heavy atom. The van der Waals surface area contributed by atoms with Crippen molar-refractivity contribution in [2.75, 3.05) is 5.43 Å². The van der Waals surface area contributed by atoms with Gasteiger partial charge in [0.25, 0.3) is 0 Å². The first-order valence-electron chi connectivity index (χ1n) is 5.35. The van der Waals surface area contributed by atoms with E-state index < -0.39 is 4.92 Å². The van der Waals surface area contributed by atoms with Crippen molar-refractivity contribution in [3.05, 3.63) is 52.3 Å². The molecule has 3 N–H and O–H groups in total. The second kappa shape index (κ2) is 5.74. The predicted molar refractivity (Wildman–Crippen MR) is 67.3 cm³/mol. The largest absolute Gasteiger partial charge is 0.479 e. The van der Waals surface area contributed by atoms with E-state index in [2.05, 4.69) is 15.4 Å². The Bertz CT molecular complexity index is 590. The maximum Gasteiger partial charge on any atom is 0.406 e. The van der Waals surface area contributed by atoms with Gasteiger partial charge in [0.2, 0.25) is 5.75 Å². The van der Waals surface area contributed by atoms with Crippen LogP contribution in [0.3, 0.4) is 0 Å². The second-order valence-electron chi connectivity index (χ2n) is 3.53. The molecule has 0 spiro atoms. The van der Waals surface area contributed by atoms with E-state index in [0.29, 0.717) is 11.5 Å². The van der Waals surface area contributed by atoms with Gasteiger partial charge in [-0.25, -0.2) is 10.8 Å². The standard InChI is InChI=1S/C11H11N5O3/c12-15-10-5-1-3-8(14-10)7-19-9-4-2-6-13-11(9)16(17)18/h1-6H,7,12H2,(H,14,15). The van der Waals surface area contributed by atoms with Crippen LogP contribution in [0.15, 0.2) is 36.5 Å². The molecule has 0 aliphatic heterocycles. The number of nitrogen functional groups attached to an aromatic ring is 1. The van der Waals surface area contributed by atoms with Crippen molar-refractivity contribution in [2.24, 2.45) is 5.84 Å². The summed E-state index contributed by atoms with van der Waals surface area (Å²) in [7, 11) is 0. The van der Waals surface area contributed by atoms with Crippen molar-refractivity contribution in [3.63, 3.8) is 0 Å². The molecule has 8 heteroatoms. The Morgan fingerprint density at radius 2 is 2.21 bits per heavy atom. The zero-order valence-corrected chi connectivity index (χ0v) is 9.81. The lowest BCUT2D eigenvalue weighted by Crippen LogP contribution is -2.10. The van der Waals surface area contributed by atoms with E-state index in [-0.39, 0.29) is 18.2 Å². The fraction of sp³-hybridized carbons (Fsp3) is 0.0909. The van der Waals surface area contributed by atoms with Gasteiger partial charge in [-0.3, -0.25) is 0 Å². The smallest absolute Gasteiger partial charge is 0.406 e. The zero-order valence-electron chi connectivity index (χ0n) is 9.81. The van der Waals surface area contributed by atoms with Gasteiger partial charge in [-0.2, -0.15) is 0 Å². The third kappa shape index (κ3) is 3.13. The van der Waals surface area contributed by atoms with Crippen molar-refractivity contribution < 1.29 is 9.66 Å². The van der Waals surface area contributed by atoms with Crippen molar-refractivity contribution >= 4 is 11.6 Å². The average Bonchev–Trinajstić information content (AvgIpc) is 2.45. The lowest BCUT2D eigenvalue weighted by molar-refractivity contribution is -0.390. The number of ether oxygens (including phenoxy) is 1. The topological polar surface area (TPSA) is 116 Å². The monoisotopic (exact) mass is 261 g/mol. The third-order valence-electron chi connectivity index (χ3n) is 2.25. The molecule has 0 saturated carbocycles. The Hall–Kier alpha value is -2.74. The fourth-order valence-electron chi connectivity index (χ4n) is 1.42. The molecule has 0 bridgehead atoms. The van der Waals surface area contributed by atoms with Crippen LogP contribution in [0.5, 0.6) is 5.75 Å². The molecule has 2 aromatic heterocycles. The summed E-state index contributed by atoms with van der Waals surface area (Å²) in [6.07, 6.45) is 1.34. The van der Waals surface area contributed by atoms with Gasteiger partial charge in [0.15, 0.2) is 0 Å². The average molecular weight is 261 g/mol. The molecule has 0 fully saturated rings. The second-order valence-corrected chi connectivity index (χ2v) is 3.53. The van der Waals surface area contributed by atoms with Gasteiger partial charge in [0, 0.05) is 0 Å². The van der Waals surface area contributed by atoms with Crippen LogP contribution in [-0.4, -0.2) is 14.9 Å². The summed E-state index contributed by atoms with van der Waals surface area (Å²) >= 11 is 0. The van der Waals surface area contributed by atoms with E-state index in [9.17, 15) is 10.1 Å². The number of nitrogens with one attached hydrogen (secondary N) is 1. The number of nitro groups is 1. The maximum atomic E-state index is 10.8. The number of rotatable bonds is 5. The molecule has 2 aromatic rings. The Balaban J connectivity index is 2.12. The highest BCUT2D eigenvalue weighted by Gasteiger charge is 2.15. The van der Waals surface area contributed by atoms with Crippen molar-refractivity contribution in [2.45, 2.75) is 6.61 Å². The van der Waals surface area contributed by atoms with Gasteiger partial charge in [-0.05, 0) is 34.2 Å². The van der Waals surface area contributed by atoms with Crippen LogP contribution in [0.1, 0.15) is 5.69 Å². The molecule has 2 heterocycles. The van der Waals surface area contributed by atoms with Crippen LogP contribution >= 0.6 is 0 Å². The molecule has 0 aliphatic carbocycles. The lowest BCUT2D eigenvalue weighted by Gasteiger charge is -2.06. The van der Waals surface area contributed by atoms with Crippen LogP contribution in [0.2, 0.25) is 0 Å². The van der Waals surface area contributed by atoms with Crippen LogP contribution < -0.4 is 16.0 Å². The summed E-state index contributed by atoms with van der Waals surface area (Å²) < 4.78 is 5.35. The SMILES string of the molecule is NNc1cccc(COc2cccnc2[N+](=O)[O-])n1. The number of hydrazine groups is 1. The number of hydrogen-bond donors (Lipinski definition) is 2. The molecular weight excluding hydrogens is 250 g/mol. The normalized spacial score (nSPS) is 9.95. The van der Waals surface area contributed by atoms with Crippen LogP contribution in [0, 0.1) is 10.1 Å². The molecule has 0 aromatic carbocycles. The van der Waals surface area contributed by atoms with Gasteiger partial charge < -0.3 is 20.3 Å². The summed E-state index contributed by atoms with van der Waals surface area (Å²) in [5, 5.41) is 10.8. The summed E-state index contributed by atoms with van der Waals surface area (Å²) in [5.74, 6) is 5.50. The number of nitrogens with zero attached hydrogens (tertiary/aromatic N) is 3. The highest BCUT2D eigenvalue weighted by molar-refractivity contribution is 5.39. The van der Waals surface area contributed by atoms with E-state index in [1.165, 1.54) is 12.3 Å². The molecule has 2 rings (SSSR count). The lowest BCUT2D eigenvalue weighted by atomic mass is 10.3. The Kier molecular flexibility index (Phi) is 3.84. The van der Waals surface area contributed by atoms with Gasteiger partial charge >= 0.3 is 5.82 Å². The number of hydrogen-bond acceptors (Lipinski definition) is 7. The Labute approximate surface area is 108 Å². The van der Waals surface area contributed by atoms with Crippen molar-refractivity contribution in [3.8, 4) is 5.75 Å². The molecule has 98 valence electrons. The summed E-state index contributed by atoms with van der Waals surface area (Å²) in [4.78, 5) is 17.9. The van der Waals surface area contributed by atoms with Crippen molar-refractivity contribution in [1.29, 1.82) is 0 Å². The minimum absolute atomic E-state index is 0.0854. The molecule has 0 radical (unpaired) electrons. The molecule has 0 amide bonds. The fourth-order valence-corrected chi connectivity index (χ4v) is 1.42. The summed E-state index contributed by atoms with van der Waals surface area (Å²) in [6.45, 7) is 0.0854. The Morgan fingerprint density at radius 1 is 1.37 bits per heavy atom. The molecular formula is C11H11N5O3. The third-order valence-corrected chi connectivity index (χ3v) is 2.25. The summed E-state index contributed by atoms with van der Waals surface area (Å²) in [6, 6.07) is 8.21.